The summed E-state index contributed by atoms with van der Waals surface area (Å²) in [6.07, 6.45) is 2.74. The van der Waals surface area contributed by atoms with E-state index in [0.717, 1.165) is 18.7 Å². The normalized spacial score (nSPS) is 23.8. The molecule has 1 saturated heterocycles. The Labute approximate surface area is 108 Å². The zero-order chi connectivity index (χ0) is 13.2. The van der Waals surface area contributed by atoms with Crippen LogP contribution in [0.3, 0.4) is 0 Å². The second-order valence-electron chi connectivity index (χ2n) is 5.51. The van der Waals surface area contributed by atoms with Gasteiger partial charge >= 0.3 is 0 Å². The predicted molar refractivity (Wildman–Crippen MR) is 70.9 cm³/mol. The third kappa shape index (κ3) is 2.88. The van der Waals surface area contributed by atoms with Crippen molar-refractivity contribution in [2.45, 2.75) is 45.3 Å². The van der Waals surface area contributed by atoms with E-state index in [9.17, 15) is 4.79 Å². The first-order valence-electron chi connectivity index (χ1n) is 6.46. The van der Waals surface area contributed by atoms with Crippen LogP contribution in [0.15, 0.2) is 24.4 Å². The average molecular weight is 247 g/mol. The molecule has 1 amide bonds. The van der Waals surface area contributed by atoms with Crippen molar-refractivity contribution < 1.29 is 4.79 Å². The lowest BCUT2D eigenvalue weighted by atomic mass is 10.0. The summed E-state index contributed by atoms with van der Waals surface area (Å²) in [4.78, 5) is 18.6. The maximum Gasteiger partial charge on any atom is 0.242 e. The van der Waals surface area contributed by atoms with Crippen molar-refractivity contribution in [2.75, 3.05) is 6.54 Å². The Balaban J connectivity index is 2.14. The van der Waals surface area contributed by atoms with Gasteiger partial charge in [0.1, 0.15) is 0 Å². The zero-order valence-electron chi connectivity index (χ0n) is 11.3. The van der Waals surface area contributed by atoms with E-state index in [1.165, 1.54) is 0 Å². The number of carbonyl (C=O) groups excluding carboxylic acids is 1. The molecule has 1 aromatic heterocycles. The molecule has 4 heteroatoms. The van der Waals surface area contributed by atoms with Crippen molar-refractivity contribution in [3.8, 4) is 0 Å². The smallest absolute Gasteiger partial charge is 0.242 e. The summed E-state index contributed by atoms with van der Waals surface area (Å²) in [7, 11) is 0. The Hall–Kier alpha value is -1.42. The summed E-state index contributed by atoms with van der Waals surface area (Å²) in [5.41, 5.74) is 0.446. The molecule has 1 aliphatic rings. The first-order valence-corrected chi connectivity index (χ1v) is 6.46. The minimum atomic E-state index is -0.495. The lowest BCUT2D eigenvalue weighted by Gasteiger charge is -2.29. The van der Waals surface area contributed by atoms with Gasteiger partial charge in [0.15, 0.2) is 0 Å². The van der Waals surface area contributed by atoms with Crippen LogP contribution < -0.4 is 5.32 Å². The van der Waals surface area contributed by atoms with Gasteiger partial charge in [-0.3, -0.25) is 9.78 Å². The van der Waals surface area contributed by atoms with Gasteiger partial charge in [-0.05, 0) is 39.3 Å². The highest BCUT2D eigenvalue weighted by Crippen LogP contribution is 2.17. The largest absolute Gasteiger partial charge is 0.335 e. The van der Waals surface area contributed by atoms with Crippen LogP contribution in [-0.4, -0.2) is 33.9 Å². The predicted octanol–water partition coefficient (Wildman–Crippen LogP) is 1.57. The van der Waals surface area contributed by atoms with E-state index < -0.39 is 5.54 Å². The fourth-order valence-corrected chi connectivity index (χ4v) is 2.43. The molecule has 0 radical (unpaired) electrons. The molecule has 0 spiro atoms. The Bertz CT molecular complexity index is 416. The summed E-state index contributed by atoms with van der Waals surface area (Å²) in [5, 5.41) is 3.37. The number of pyridine rings is 1. The Morgan fingerprint density at radius 1 is 1.50 bits per heavy atom. The molecule has 18 heavy (non-hydrogen) atoms. The van der Waals surface area contributed by atoms with Crippen LogP contribution >= 0.6 is 0 Å². The van der Waals surface area contributed by atoms with Crippen LogP contribution in [0.4, 0.5) is 0 Å². The van der Waals surface area contributed by atoms with Crippen LogP contribution in [0.1, 0.15) is 32.9 Å². The molecule has 0 bridgehead atoms. The SMILES string of the molecule is CC1CCN(Cc2ccccn2)C(=O)C(C)(C)N1. The first kappa shape index (κ1) is 13.0. The topological polar surface area (TPSA) is 45.2 Å². The quantitative estimate of drug-likeness (QED) is 0.863. The van der Waals surface area contributed by atoms with Crippen LogP contribution in [0, 0.1) is 0 Å². The van der Waals surface area contributed by atoms with E-state index in [-0.39, 0.29) is 5.91 Å². The fourth-order valence-electron chi connectivity index (χ4n) is 2.43. The number of hydrogen-bond acceptors (Lipinski definition) is 3. The summed E-state index contributed by atoms with van der Waals surface area (Å²) in [5.74, 6) is 0.150. The second-order valence-corrected chi connectivity index (χ2v) is 5.51. The zero-order valence-corrected chi connectivity index (χ0v) is 11.3. The molecule has 1 atom stereocenters. The molecule has 4 nitrogen and oxygen atoms in total. The van der Waals surface area contributed by atoms with Crippen molar-refractivity contribution in [1.29, 1.82) is 0 Å². The average Bonchev–Trinajstić information content (AvgIpc) is 2.42. The molecular formula is C14H21N3O. The van der Waals surface area contributed by atoms with Crippen molar-refractivity contribution in [2.24, 2.45) is 0 Å². The highest BCUT2D eigenvalue weighted by Gasteiger charge is 2.35. The molecule has 1 fully saturated rings. The van der Waals surface area contributed by atoms with Gasteiger partial charge < -0.3 is 10.2 Å². The van der Waals surface area contributed by atoms with Gasteiger partial charge in [0.05, 0.1) is 17.8 Å². The van der Waals surface area contributed by atoms with Gasteiger partial charge in [-0.25, -0.2) is 0 Å². The summed E-state index contributed by atoms with van der Waals surface area (Å²) >= 11 is 0. The van der Waals surface area contributed by atoms with Crippen molar-refractivity contribution in [3.05, 3.63) is 30.1 Å². The van der Waals surface area contributed by atoms with Crippen LogP contribution in [0.25, 0.3) is 0 Å². The molecule has 2 rings (SSSR count). The van der Waals surface area contributed by atoms with Gasteiger partial charge in [-0.2, -0.15) is 0 Å². The minimum Gasteiger partial charge on any atom is -0.335 e. The molecule has 0 saturated carbocycles. The second kappa shape index (κ2) is 5.06. The summed E-state index contributed by atoms with van der Waals surface area (Å²) in [6, 6.07) is 6.16. The molecule has 2 heterocycles. The maximum absolute atomic E-state index is 12.5. The third-order valence-electron chi connectivity index (χ3n) is 3.34. The highest BCUT2D eigenvalue weighted by atomic mass is 16.2. The number of hydrogen-bond donors (Lipinski definition) is 1. The molecule has 0 aromatic carbocycles. The number of aromatic nitrogens is 1. The van der Waals surface area contributed by atoms with Gasteiger partial charge in [-0.1, -0.05) is 6.07 Å². The van der Waals surface area contributed by atoms with Crippen LogP contribution in [0.2, 0.25) is 0 Å². The van der Waals surface area contributed by atoms with E-state index in [1.807, 2.05) is 36.9 Å². The van der Waals surface area contributed by atoms with Gasteiger partial charge in [0, 0.05) is 18.8 Å². The van der Waals surface area contributed by atoms with Crippen molar-refractivity contribution in [3.63, 3.8) is 0 Å². The van der Waals surface area contributed by atoms with Gasteiger partial charge in [-0.15, -0.1) is 0 Å². The van der Waals surface area contributed by atoms with E-state index in [1.54, 1.807) is 6.20 Å². The monoisotopic (exact) mass is 247 g/mol. The maximum atomic E-state index is 12.5. The molecule has 1 aromatic rings. The number of nitrogens with one attached hydrogen (secondary N) is 1. The van der Waals surface area contributed by atoms with E-state index in [2.05, 4.69) is 17.2 Å². The van der Waals surface area contributed by atoms with Crippen LogP contribution in [-0.2, 0) is 11.3 Å². The van der Waals surface area contributed by atoms with E-state index in [4.69, 9.17) is 0 Å². The molecule has 1 unspecified atom stereocenters. The van der Waals surface area contributed by atoms with Crippen molar-refractivity contribution in [1.82, 2.24) is 15.2 Å². The van der Waals surface area contributed by atoms with Gasteiger partial charge in [0.25, 0.3) is 0 Å². The van der Waals surface area contributed by atoms with E-state index >= 15 is 0 Å². The van der Waals surface area contributed by atoms with E-state index in [0.29, 0.717) is 12.6 Å². The van der Waals surface area contributed by atoms with Gasteiger partial charge in [0.2, 0.25) is 5.91 Å². The molecule has 1 aliphatic heterocycles. The molecular weight excluding hydrogens is 226 g/mol. The highest BCUT2D eigenvalue weighted by molar-refractivity contribution is 5.85. The number of amides is 1. The molecule has 1 N–H and O–H groups in total. The lowest BCUT2D eigenvalue weighted by molar-refractivity contribution is -0.136. The fraction of sp³-hybridized carbons (Fsp3) is 0.571. The number of carbonyl (C=O) groups is 1. The molecule has 0 aliphatic carbocycles. The molecule has 98 valence electrons. The third-order valence-corrected chi connectivity index (χ3v) is 3.34. The summed E-state index contributed by atoms with van der Waals surface area (Å²) in [6.45, 7) is 7.40. The number of rotatable bonds is 2. The lowest BCUT2D eigenvalue weighted by Crippen LogP contribution is -2.53. The first-order chi connectivity index (χ1) is 8.49. The Morgan fingerprint density at radius 3 is 2.94 bits per heavy atom. The van der Waals surface area contributed by atoms with Crippen molar-refractivity contribution >= 4 is 5.91 Å². The van der Waals surface area contributed by atoms with Crippen LogP contribution in [0.5, 0.6) is 0 Å². The minimum absolute atomic E-state index is 0.150. The Kier molecular flexibility index (Phi) is 3.66. The number of nitrogens with zero attached hydrogens (tertiary/aromatic N) is 2. The standard InChI is InChI=1S/C14H21N3O/c1-11-7-9-17(13(18)14(2,3)16-11)10-12-6-4-5-8-15-12/h4-6,8,11,16H,7,9-10H2,1-3H3. The Morgan fingerprint density at radius 2 is 2.28 bits per heavy atom. The summed E-state index contributed by atoms with van der Waals surface area (Å²) < 4.78 is 0.